The summed E-state index contributed by atoms with van der Waals surface area (Å²) in [5, 5.41) is 9.87. The number of urea groups is 1. The molecule has 0 bridgehead atoms. The van der Waals surface area contributed by atoms with Crippen molar-refractivity contribution in [1.29, 1.82) is 0 Å². The Morgan fingerprint density at radius 3 is 2.54 bits per heavy atom. The van der Waals surface area contributed by atoms with Crippen LogP contribution >= 0.6 is 0 Å². The van der Waals surface area contributed by atoms with Crippen molar-refractivity contribution in [3.05, 3.63) is 66.2 Å². The number of nitrogens with zero attached hydrogens (tertiary/aromatic N) is 3. The summed E-state index contributed by atoms with van der Waals surface area (Å²) >= 11 is 0. The van der Waals surface area contributed by atoms with Crippen LogP contribution in [0, 0.1) is 0 Å². The maximum Gasteiger partial charge on any atom is 0.319 e. The first-order valence-electron chi connectivity index (χ1n) is 8.59. The molecule has 0 aliphatic rings. The van der Waals surface area contributed by atoms with Gasteiger partial charge in [0.15, 0.2) is 0 Å². The summed E-state index contributed by atoms with van der Waals surface area (Å²) in [7, 11) is 1.88. The fourth-order valence-corrected chi connectivity index (χ4v) is 2.62. The predicted octanol–water partition coefficient (Wildman–Crippen LogP) is 3.93. The highest BCUT2D eigenvalue weighted by atomic mass is 16.2. The Balaban J connectivity index is 1.57. The smallest absolute Gasteiger partial charge is 0.319 e. The van der Waals surface area contributed by atoms with Gasteiger partial charge in [-0.05, 0) is 35.2 Å². The molecule has 134 valence electrons. The van der Waals surface area contributed by atoms with Crippen LogP contribution in [0.1, 0.15) is 30.9 Å². The summed E-state index contributed by atoms with van der Waals surface area (Å²) in [6, 6.07) is 9.65. The van der Waals surface area contributed by atoms with E-state index in [1.54, 1.807) is 23.3 Å². The average molecular weight is 349 g/mol. The lowest BCUT2D eigenvalue weighted by Gasteiger charge is -2.10. The fraction of sp³-hybridized carbons (Fsp3) is 0.250. The summed E-state index contributed by atoms with van der Waals surface area (Å²) in [5.74, 6) is 0.470. The van der Waals surface area contributed by atoms with Gasteiger partial charge in [-0.2, -0.15) is 5.10 Å². The van der Waals surface area contributed by atoms with E-state index in [2.05, 4.69) is 34.6 Å². The highest BCUT2D eigenvalue weighted by Crippen LogP contribution is 2.19. The lowest BCUT2D eigenvalue weighted by Crippen LogP contribution is -2.28. The third-order valence-electron chi connectivity index (χ3n) is 4.12. The number of pyridine rings is 1. The SMILES string of the molecule is CC(C)c1ccc(NC(=O)NCc2cncc(-c3cnn(C)c3)c2)cc1. The van der Waals surface area contributed by atoms with Crippen LogP contribution in [0.3, 0.4) is 0 Å². The van der Waals surface area contributed by atoms with Crippen LogP contribution in [-0.4, -0.2) is 20.8 Å². The molecule has 0 fully saturated rings. The highest BCUT2D eigenvalue weighted by Gasteiger charge is 2.06. The second kappa shape index (κ2) is 7.82. The van der Waals surface area contributed by atoms with Gasteiger partial charge in [-0.15, -0.1) is 0 Å². The molecule has 0 saturated carbocycles. The van der Waals surface area contributed by atoms with Gasteiger partial charge in [0.1, 0.15) is 0 Å². The number of nitrogens with one attached hydrogen (secondary N) is 2. The van der Waals surface area contributed by atoms with Gasteiger partial charge in [-0.3, -0.25) is 9.67 Å². The molecule has 0 radical (unpaired) electrons. The second-order valence-corrected chi connectivity index (χ2v) is 6.57. The van der Waals surface area contributed by atoms with E-state index in [0.29, 0.717) is 12.5 Å². The summed E-state index contributed by atoms with van der Waals surface area (Å²) in [5.41, 5.74) is 4.92. The number of benzene rings is 1. The topological polar surface area (TPSA) is 71.8 Å². The number of amides is 2. The van der Waals surface area contributed by atoms with Crippen LogP contribution in [0.25, 0.3) is 11.1 Å². The van der Waals surface area contributed by atoms with Crippen molar-refractivity contribution < 1.29 is 4.79 Å². The normalized spacial score (nSPS) is 10.8. The van der Waals surface area contributed by atoms with Crippen molar-refractivity contribution in [3.63, 3.8) is 0 Å². The van der Waals surface area contributed by atoms with Crippen LogP contribution in [0.5, 0.6) is 0 Å². The number of hydrogen-bond donors (Lipinski definition) is 2. The van der Waals surface area contributed by atoms with Crippen molar-refractivity contribution in [2.45, 2.75) is 26.3 Å². The molecule has 26 heavy (non-hydrogen) atoms. The first kappa shape index (κ1) is 17.7. The Morgan fingerprint density at radius 2 is 1.88 bits per heavy atom. The van der Waals surface area contributed by atoms with Gasteiger partial charge in [0.25, 0.3) is 0 Å². The molecular weight excluding hydrogens is 326 g/mol. The molecule has 0 spiro atoms. The Kier molecular flexibility index (Phi) is 5.31. The number of carbonyl (C=O) groups is 1. The lowest BCUT2D eigenvalue weighted by atomic mass is 10.0. The number of rotatable bonds is 5. The quantitative estimate of drug-likeness (QED) is 0.733. The van der Waals surface area contributed by atoms with Gasteiger partial charge in [-0.1, -0.05) is 26.0 Å². The molecule has 0 atom stereocenters. The summed E-state index contributed by atoms with van der Waals surface area (Å²) in [4.78, 5) is 16.4. The minimum atomic E-state index is -0.242. The Labute approximate surface area is 153 Å². The summed E-state index contributed by atoms with van der Waals surface area (Å²) < 4.78 is 1.75. The molecule has 2 heterocycles. The van der Waals surface area contributed by atoms with E-state index in [1.807, 2.05) is 43.6 Å². The minimum absolute atomic E-state index is 0.242. The second-order valence-electron chi connectivity index (χ2n) is 6.57. The van der Waals surface area contributed by atoms with E-state index in [0.717, 1.165) is 22.4 Å². The molecule has 0 saturated heterocycles. The van der Waals surface area contributed by atoms with Crippen molar-refractivity contribution in [1.82, 2.24) is 20.1 Å². The van der Waals surface area contributed by atoms with Gasteiger partial charge in [0.05, 0.1) is 6.20 Å². The van der Waals surface area contributed by atoms with E-state index in [9.17, 15) is 4.79 Å². The zero-order valence-electron chi connectivity index (χ0n) is 15.2. The van der Waals surface area contributed by atoms with E-state index in [4.69, 9.17) is 0 Å². The number of carbonyl (C=O) groups excluding carboxylic acids is 1. The average Bonchev–Trinajstić information content (AvgIpc) is 3.07. The third-order valence-corrected chi connectivity index (χ3v) is 4.12. The van der Waals surface area contributed by atoms with Gasteiger partial charge in [-0.25, -0.2) is 4.79 Å². The van der Waals surface area contributed by atoms with Gasteiger partial charge < -0.3 is 10.6 Å². The Morgan fingerprint density at radius 1 is 1.12 bits per heavy atom. The summed E-state index contributed by atoms with van der Waals surface area (Å²) in [6.07, 6.45) is 7.26. The molecule has 2 aromatic heterocycles. The highest BCUT2D eigenvalue weighted by molar-refractivity contribution is 5.89. The molecule has 6 heteroatoms. The summed E-state index contributed by atoms with van der Waals surface area (Å²) in [6.45, 7) is 4.68. The maximum absolute atomic E-state index is 12.1. The third kappa shape index (κ3) is 4.47. The number of aromatic nitrogens is 3. The number of hydrogen-bond acceptors (Lipinski definition) is 3. The standard InChI is InChI=1S/C20H23N5O/c1-14(2)16-4-6-19(7-5-16)24-20(26)22-10-15-8-17(11-21-9-15)18-12-23-25(3)13-18/h4-9,11-14H,10H2,1-3H3,(H2,22,24,26). The minimum Gasteiger partial charge on any atom is -0.334 e. The number of anilines is 1. The molecule has 6 nitrogen and oxygen atoms in total. The molecule has 2 N–H and O–H groups in total. The van der Waals surface area contributed by atoms with Gasteiger partial charge in [0, 0.05) is 49.0 Å². The first-order chi connectivity index (χ1) is 12.5. The fourth-order valence-electron chi connectivity index (χ4n) is 2.62. The molecule has 0 unspecified atom stereocenters. The van der Waals surface area contributed by atoms with Crippen molar-refractivity contribution >= 4 is 11.7 Å². The molecule has 1 aromatic carbocycles. The number of aryl methyl sites for hydroxylation is 1. The van der Waals surface area contributed by atoms with E-state index >= 15 is 0 Å². The van der Waals surface area contributed by atoms with Crippen molar-refractivity contribution in [2.24, 2.45) is 7.05 Å². The lowest BCUT2D eigenvalue weighted by molar-refractivity contribution is 0.251. The van der Waals surface area contributed by atoms with E-state index in [1.165, 1.54) is 5.56 Å². The zero-order valence-corrected chi connectivity index (χ0v) is 15.2. The van der Waals surface area contributed by atoms with Crippen LogP contribution in [0.2, 0.25) is 0 Å². The Hall–Kier alpha value is -3.15. The van der Waals surface area contributed by atoms with Gasteiger partial charge >= 0.3 is 6.03 Å². The van der Waals surface area contributed by atoms with Crippen LogP contribution in [0.15, 0.2) is 55.1 Å². The first-order valence-corrected chi connectivity index (χ1v) is 8.59. The van der Waals surface area contributed by atoms with Crippen molar-refractivity contribution in [3.8, 4) is 11.1 Å². The maximum atomic E-state index is 12.1. The van der Waals surface area contributed by atoms with E-state index < -0.39 is 0 Å². The van der Waals surface area contributed by atoms with Crippen LogP contribution in [0.4, 0.5) is 10.5 Å². The molecule has 2 amide bonds. The largest absolute Gasteiger partial charge is 0.334 e. The van der Waals surface area contributed by atoms with Crippen LogP contribution < -0.4 is 10.6 Å². The molecular formula is C20H23N5O. The monoisotopic (exact) mass is 349 g/mol. The van der Waals surface area contributed by atoms with Crippen LogP contribution in [-0.2, 0) is 13.6 Å². The predicted molar refractivity (Wildman–Crippen MR) is 103 cm³/mol. The van der Waals surface area contributed by atoms with E-state index in [-0.39, 0.29) is 6.03 Å². The molecule has 0 aliphatic heterocycles. The molecule has 0 aliphatic carbocycles. The molecule has 3 rings (SSSR count). The zero-order chi connectivity index (χ0) is 18.5. The van der Waals surface area contributed by atoms with Crippen molar-refractivity contribution in [2.75, 3.05) is 5.32 Å². The molecule has 3 aromatic rings. The Bertz CT molecular complexity index is 883. The van der Waals surface area contributed by atoms with Gasteiger partial charge in [0.2, 0.25) is 0 Å².